The Labute approximate surface area is 259 Å². The number of nitrogens with one attached hydrogen (secondary N) is 1. The number of hydrogen-bond donors (Lipinski definition) is 1. The quantitative estimate of drug-likeness (QED) is 0.209. The number of anilines is 2. The van der Waals surface area contributed by atoms with Gasteiger partial charge in [-0.1, -0.05) is 123 Å². The number of benzene rings is 7. The van der Waals surface area contributed by atoms with Crippen molar-refractivity contribution in [1.29, 1.82) is 0 Å². The van der Waals surface area contributed by atoms with E-state index in [1.807, 2.05) is 0 Å². The van der Waals surface area contributed by atoms with E-state index in [-0.39, 0.29) is 5.41 Å². The predicted molar refractivity (Wildman–Crippen MR) is 189 cm³/mol. The monoisotopic (exact) mass is 565 g/mol. The Hall–Kier alpha value is -5.14. The topological polar surface area (TPSA) is 12.0 Å². The molecule has 8 rings (SSSR count). The molecule has 0 aromatic heterocycles. The van der Waals surface area contributed by atoms with Crippen LogP contribution in [0.3, 0.4) is 0 Å². The van der Waals surface area contributed by atoms with Gasteiger partial charge in [-0.3, -0.25) is 0 Å². The second-order valence-electron chi connectivity index (χ2n) is 12.8. The molecule has 0 radical (unpaired) electrons. The lowest BCUT2D eigenvalue weighted by Crippen LogP contribution is -2.23. The first-order valence-electron chi connectivity index (χ1n) is 15.5. The number of fused-ring (bicyclic) bond motifs is 4. The molecular formula is C43H35N. The fourth-order valence-corrected chi connectivity index (χ4v) is 7.29. The second-order valence-corrected chi connectivity index (χ2v) is 12.8. The van der Waals surface area contributed by atoms with Crippen molar-refractivity contribution in [3.8, 4) is 33.4 Å². The maximum absolute atomic E-state index is 3.87. The Balaban J connectivity index is 1.29. The second kappa shape index (κ2) is 9.96. The molecule has 0 spiro atoms. The highest BCUT2D eigenvalue weighted by Crippen LogP contribution is 2.51. The van der Waals surface area contributed by atoms with Crippen LogP contribution in [0.4, 0.5) is 11.4 Å². The molecule has 1 N–H and O–H groups in total. The molecule has 0 amide bonds. The van der Waals surface area contributed by atoms with Gasteiger partial charge in [0.2, 0.25) is 0 Å². The fourth-order valence-electron chi connectivity index (χ4n) is 7.29. The van der Waals surface area contributed by atoms with Crippen molar-refractivity contribution < 1.29 is 0 Å². The molecule has 0 atom stereocenters. The number of rotatable bonds is 4. The van der Waals surface area contributed by atoms with Gasteiger partial charge in [0.25, 0.3) is 0 Å². The van der Waals surface area contributed by atoms with Gasteiger partial charge in [-0.2, -0.15) is 0 Å². The molecule has 7 aromatic rings. The zero-order valence-corrected chi connectivity index (χ0v) is 25.7. The molecule has 7 aromatic carbocycles. The summed E-state index contributed by atoms with van der Waals surface area (Å²) in [6.45, 7) is 9.17. The van der Waals surface area contributed by atoms with Gasteiger partial charge in [0.1, 0.15) is 0 Å². The summed E-state index contributed by atoms with van der Waals surface area (Å²) in [6, 6.07) is 49.1. The van der Waals surface area contributed by atoms with Crippen LogP contribution in [0.1, 0.15) is 36.1 Å². The summed E-state index contributed by atoms with van der Waals surface area (Å²) in [4.78, 5) is 0. The number of aryl methyl sites for hydroxylation is 1. The van der Waals surface area contributed by atoms with E-state index in [1.165, 1.54) is 77.2 Å². The van der Waals surface area contributed by atoms with Gasteiger partial charge in [0, 0.05) is 16.8 Å². The summed E-state index contributed by atoms with van der Waals surface area (Å²) in [5.41, 5.74) is 14.9. The summed E-state index contributed by atoms with van der Waals surface area (Å²) >= 11 is 0. The molecule has 1 nitrogen and oxygen atoms in total. The van der Waals surface area contributed by atoms with E-state index in [9.17, 15) is 0 Å². The Morgan fingerprint density at radius 1 is 0.500 bits per heavy atom. The van der Waals surface area contributed by atoms with Crippen LogP contribution in [-0.4, -0.2) is 0 Å². The van der Waals surface area contributed by atoms with E-state index in [1.54, 1.807) is 0 Å². The molecule has 1 heteroatoms. The predicted octanol–water partition coefficient (Wildman–Crippen LogP) is 12.0. The largest absolute Gasteiger partial charge is 0.355 e. The van der Waals surface area contributed by atoms with Gasteiger partial charge in [-0.15, -0.1) is 0 Å². The molecule has 0 unspecified atom stereocenters. The molecule has 44 heavy (non-hydrogen) atoms. The van der Waals surface area contributed by atoms with E-state index >= 15 is 0 Å². The normalized spacial score (nSPS) is 13.2. The standard InChI is InChI=1S/C43H35N/c1-27-18-19-31-23-38-34-21-20-33(26-40(34)43(3,4)39-17-11-16-35(42(38)39)37(31)22-27)44-41-25-32(29-12-7-5-8-13-29)24-36(28(41)2)30-14-9-6-10-15-30/h5-26,44H,1-4H3. The van der Waals surface area contributed by atoms with E-state index in [2.05, 4.69) is 166 Å². The number of hydrogen-bond acceptors (Lipinski definition) is 1. The third-order valence-electron chi connectivity index (χ3n) is 9.67. The third kappa shape index (κ3) is 4.15. The molecular weight excluding hydrogens is 530 g/mol. The molecule has 0 saturated heterocycles. The molecule has 0 fully saturated rings. The van der Waals surface area contributed by atoms with Gasteiger partial charge in [0.15, 0.2) is 0 Å². The van der Waals surface area contributed by atoms with Crippen LogP contribution in [0.5, 0.6) is 0 Å². The van der Waals surface area contributed by atoms with Gasteiger partial charge in [-0.05, 0) is 116 Å². The lowest BCUT2D eigenvalue weighted by molar-refractivity contribution is 0.645. The lowest BCUT2D eigenvalue weighted by atomic mass is 9.68. The van der Waals surface area contributed by atoms with E-state index in [0.717, 1.165) is 11.4 Å². The van der Waals surface area contributed by atoms with Crippen LogP contribution in [0.15, 0.2) is 133 Å². The Bertz CT molecular complexity index is 2220. The highest BCUT2D eigenvalue weighted by molar-refractivity contribution is 6.16. The van der Waals surface area contributed by atoms with Crippen molar-refractivity contribution in [1.82, 2.24) is 0 Å². The molecule has 1 aliphatic carbocycles. The maximum Gasteiger partial charge on any atom is 0.0426 e. The first kappa shape index (κ1) is 26.5. The minimum atomic E-state index is -0.146. The first-order chi connectivity index (χ1) is 21.4. The van der Waals surface area contributed by atoms with Crippen molar-refractivity contribution in [2.45, 2.75) is 33.1 Å². The lowest BCUT2D eigenvalue weighted by Gasteiger charge is -2.36. The van der Waals surface area contributed by atoms with Crippen LogP contribution < -0.4 is 5.32 Å². The molecule has 0 bridgehead atoms. The summed E-state index contributed by atoms with van der Waals surface area (Å²) in [5.74, 6) is 0. The zero-order valence-electron chi connectivity index (χ0n) is 25.7. The van der Waals surface area contributed by atoms with E-state index in [4.69, 9.17) is 0 Å². The Kier molecular flexibility index (Phi) is 6.00. The Morgan fingerprint density at radius 2 is 1.25 bits per heavy atom. The van der Waals surface area contributed by atoms with Crippen molar-refractivity contribution in [3.63, 3.8) is 0 Å². The molecule has 0 saturated carbocycles. The highest BCUT2D eigenvalue weighted by atomic mass is 14.9. The maximum atomic E-state index is 3.87. The summed E-state index contributed by atoms with van der Waals surface area (Å²) < 4.78 is 0. The van der Waals surface area contributed by atoms with Gasteiger partial charge in [0.05, 0.1) is 0 Å². The smallest absolute Gasteiger partial charge is 0.0426 e. The third-order valence-corrected chi connectivity index (χ3v) is 9.67. The highest BCUT2D eigenvalue weighted by Gasteiger charge is 2.34. The van der Waals surface area contributed by atoms with Gasteiger partial charge >= 0.3 is 0 Å². The minimum absolute atomic E-state index is 0.146. The molecule has 0 aliphatic heterocycles. The van der Waals surface area contributed by atoms with Crippen LogP contribution in [-0.2, 0) is 5.41 Å². The minimum Gasteiger partial charge on any atom is -0.355 e. The summed E-state index contributed by atoms with van der Waals surface area (Å²) in [6.07, 6.45) is 0. The average molecular weight is 566 g/mol. The van der Waals surface area contributed by atoms with Crippen molar-refractivity contribution in [2.24, 2.45) is 0 Å². The van der Waals surface area contributed by atoms with Crippen LogP contribution in [0.2, 0.25) is 0 Å². The zero-order chi connectivity index (χ0) is 30.0. The average Bonchev–Trinajstić information content (AvgIpc) is 3.05. The van der Waals surface area contributed by atoms with Crippen molar-refractivity contribution in [2.75, 3.05) is 5.32 Å². The first-order valence-corrected chi connectivity index (χ1v) is 15.5. The van der Waals surface area contributed by atoms with Crippen LogP contribution in [0.25, 0.3) is 54.9 Å². The molecule has 212 valence electrons. The molecule has 1 aliphatic rings. The Morgan fingerprint density at radius 3 is 2.02 bits per heavy atom. The van der Waals surface area contributed by atoms with Gasteiger partial charge < -0.3 is 5.32 Å². The van der Waals surface area contributed by atoms with Crippen LogP contribution in [0, 0.1) is 13.8 Å². The fraction of sp³-hybridized carbons (Fsp3) is 0.116. The summed E-state index contributed by atoms with van der Waals surface area (Å²) in [5, 5.41) is 9.24. The van der Waals surface area contributed by atoms with E-state index < -0.39 is 0 Å². The van der Waals surface area contributed by atoms with Crippen molar-refractivity contribution in [3.05, 3.63) is 156 Å². The van der Waals surface area contributed by atoms with Crippen molar-refractivity contribution >= 4 is 32.9 Å². The molecule has 0 heterocycles. The van der Waals surface area contributed by atoms with E-state index in [0.29, 0.717) is 0 Å². The SMILES string of the molecule is Cc1ccc2cc3c4c(cccc4c2c1)C(C)(C)c1cc(Nc2cc(-c4ccccc4)cc(-c4ccccc4)c2C)ccc1-3. The summed E-state index contributed by atoms with van der Waals surface area (Å²) in [7, 11) is 0. The van der Waals surface area contributed by atoms with Crippen LogP contribution >= 0.6 is 0 Å². The van der Waals surface area contributed by atoms with Gasteiger partial charge in [-0.25, -0.2) is 0 Å².